The summed E-state index contributed by atoms with van der Waals surface area (Å²) in [4.78, 5) is 35.9. The zero-order valence-corrected chi connectivity index (χ0v) is 23.6. The van der Waals surface area contributed by atoms with Crippen LogP contribution in [0.3, 0.4) is 0 Å². The normalized spacial score (nSPS) is 10.7. The number of ether oxygens (including phenoxy) is 1. The van der Waals surface area contributed by atoms with Gasteiger partial charge in [-0.1, -0.05) is 6.07 Å². The van der Waals surface area contributed by atoms with E-state index in [0.29, 0.717) is 35.3 Å². The Kier molecular flexibility index (Phi) is 10.5. The minimum absolute atomic E-state index is 0.0626. The smallest absolute Gasteiger partial charge is 0.307 e. The van der Waals surface area contributed by atoms with Crippen molar-refractivity contribution in [3.63, 3.8) is 0 Å². The molecule has 0 radical (unpaired) electrons. The van der Waals surface area contributed by atoms with Crippen LogP contribution in [-0.4, -0.2) is 58.8 Å². The van der Waals surface area contributed by atoms with Gasteiger partial charge in [-0.3, -0.25) is 19.0 Å². The summed E-state index contributed by atoms with van der Waals surface area (Å²) in [6.07, 6.45) is 2.38. The van der Waals surface area contributed by atoms with Gasteiger partial charge in [-0.05, 0) is 61.5 Å². The number of imidazole rings is 1. The first kappa shape index (κ1) is 30.7. The highest BCUT2D eigenvalue weighted by molar-refractivity contribution is 7.85. The number of carbonyl (C=O) groups is 2. The molecule has 0 aliphatic carbocycles. The van der Waals surface area contributed by atoms with E-state index >= 15 is 0 Å². The Labute approximate surface area is 238 Å². The lowest BCUT2D eigenvalue weighted by atomic mass is 10.1. The van der Waals surface area contributed by atoms with Crippen LogP contribution in [0.1, 0.15) is 35.1 Å². The van der Waals surface area contributed by atoms with Gasteiger partial charge in [-0.15, -0.1) is 0 Å². The standard InChI is InChI=1S/C27H26N6O3.CH4O3S/c1-3-36-26(34)13-15-33(24-6-4-5-14-29-24)27(35)20-9-12-23-22(16-20)31-25(32(23)2)18-30-21-10-7-19(17-28)8-11-21;1-5(2,3)4/h4-12,14,16,30H,3,13,15,18H2,1-2H3;1H3,(H,2,3,4). The van der Waals surface area contributed by atoms with E-state index in [1.807, 2.05) is 29.8 Å². The Hall–Kier alpha value is -4.80. The first-order valence-corrected chi connectivity index (χ1v) is 14.3. The number of nitrogens with zero attached hydrogens (tertiary/aromatic N) is 5. The van der Waals surface area contributed by atoms with Crippen LogP contribution in [-0.2, 0) is 33.2 Å². The Bertz CT molecular complexity index is 1640. The van der Waals surface area contributed by atoms with Gasteiger partial charge in [0.15, 0.2) is 0 Å². The van der Waals surface area contributed by atoms with Gasteiger partial charge in [0.25, 0.3) is 16.0 Å². The maximum absolute atomic E-state index is 13.5. The number of anilines is 2. The summed E-state index contributed by atoms with van der Waals surface area (Å²) in [5.41, 5.74) is 3.50. The van der Waals surface area contributed by atoms with Gasteiger partial charge in [-0.25, -0.2) is 9.97 Å². The number of aryl methyl sites for hydroxylation is 1. The van der Waals surface area contributed by atoms with Crippen molar-refractivity contribution in [1.29, 1.82) is 5.26 Å². The molecule has 1 amide bonds. The summed E-state index contributed by atoms with van der Waals surface area (Å²) in [6, 6.07) is 20.0. The number of hydrogen-bond donors (Lipinski definition) is 2. The first-order valence-electron chi connectivity index (χ1n) is 12.5. The number of amides is 1. The quantitative estimate of drug-likeness (QED) is 0.221. The molecule has 0 spiro atoms. The topological polar surface area (TPSA) is 168 Å². The molecule has 2 aromatic heterocycles. The minimum Gasteiger partial charge on any atom is -0.466 e. The van der Waals surface area contributed by atoms with Crippen molar-refractivity contribution in [2.24, 2.45) is 7.05 Å². The van der Waals surface area contributed by atoms with Gasteiger partial charge in [-0.2, -0.15) is 13.7 Å². The molecule has 0 aliphatic rings. The molecular weight excluding hydrogens is 548 g/mol. The maximum atomic E-state index is 13.5. The van der Waals surface area contributed by atoms with E-state index < -0.39 is 10.1 Å². The lowest BCUT2D eigenvalue weighted by Crippen LogP contribution is -2.34. The number of nitrogens with one attached hydrogen (secondary N) is 1. The van der Waals surface area contributed by atoms with Gasteiger partial charge in [0.05, 0.1) is 48.5 Å². The third-order valence-electron chi connectivity index (χ3n) is 5.70. The molecule has 2 aromatic carbocycles. The van der Waals surface area contributed by atoms with E-state index in [1.165, 1.54) is 4.90 Å². The Morgan fingerprint density at radius 1 is 1.15 bits per heavy atom. The maximum Gasteiger partial charge on any atom is 0.307 e. The largest absolute Gasteiger partial charge is 0.466 e. The molecule has 214 valence electrons. The molecule has 0 fully saturated rings. The zero-order valence-electron chi connectivity index (χ0n) is 22.8. The number of nitriles is 1. The summed E-state index contributed by atoms with van der Waals surface area (Å²) >= 11 is 0. The predicted octanol–water partition coefficient (Wildman–Crippen LogP) is 3.56. The van der Waals surface area contributed by atoms with Crippen LogP contribution in [0.5, 0.6) is 0 Å². The van der Waals surface area contributed by atoms with Crippen molar-refractivity contribution >= 4 is 44.5 Å². The molecule has 13 heteroatoms. The highest BCUT2D eigenvalue weighted by atomic mass is 32.2. The van der Waals surface area contributed by atoms with Crippen molar-refractivity contribution in [2.75, 3.05) is 29.6 Å². The van der Waals surface area contributed by atoms with Gasteiger partial charge in [0.2, 0.25) is 0 Å². The molecular formula is C28H30N6O6S. The molecule has 4 aromatic rings. The van der Waals surface area contributed by atoms with Crippen molar-refractivity contribution in [2.45, 2.75) is 19.9 Å². The molecule has 4 rings (SSSR count). The van der Waals surface area contributed by atoms with Crippen LogP contribution in [0.25, 0.3) is 11.0 Å². The lowest BCUT2D eigenvalue weighted by molar-refractivity contribution is -0.142. The summed E-state index contributed by atoms with van der Waals surface area (Å²) < 4.78 is 32.9. The van der Waals surface area contributed by atoms with Gasteiger partial charge >= 0.3 is 5.97 Å². The number of benzene rings is 2. The van der Waals surface area contributed by atoms with Gasteiger partial charge in [0, 0.05) is 31.0 Å². The summed E-state index contributed by atoms with van der Waals surface area (Å²) in [6.45, 7) is 2.65. The number of rotatable bonds is 9. The van der Waals surface area contributed by atoms with Crippen LogP contribution in [0.4, 0.5) is 11.5 Å². The molecule has 0 aliphatic heterocycles. The van der Waals surface area contributed by atoms with E-state index in [2.05, 4.69) is 16.4 Å². The Morgan fingerprint density at radius 2 is 1.85 bits per heavy atom. The second kappa shape index (κ2) is 14.0. The highest BCUT2D eigenvalue weighted by Crippen LogP contribution is 2.21. The fourth-order valence-electron chi connectivity index (χ4n) is 3.81. The number of hydrogen-bond acceptors (Lipinski definition) is 9. The molecule has 0 saturated carbocycles. The van der Waals surface area contributed by atoms with Crippen LogP contribution >= 0.6 is 0 Å². The number of esters is 1. The van der Waals surface area contributed by atoms with E-state index in [1.54, 1.807) is 55.6 Å². The number of aromatic nitrogens is 3. The second-order valence-corrected chi connectivity index (χ2v) is 10.2. The minimum atomic E-state index is -3.67. The van der Waals surface area contributed by atoms with Crippen molar-refractivity contribution < 1.29 is 27.3 Å². The Morgan fingerprint density at radius 3 is 2.46 bits per heavy atom. The van der Waals surface area contributed by atoms with Crippen LogP contribution in [0.2, 0.25) is 0 Å². The van der Waals surface area contributed by atoms with Crippen LogP contribution in [0, 0.1) is 11.3 Å². The SMILES string of the molecule is CCOC(=O)CCN(C(=O)c1ccc2c(c1)nc(CNc1ccc(C#N)cc1)n2C)c1ccccn1.CS(=O)(=O)O. The third kappa shape index (κ3) is 9.13. The van der Waals surface area contributed by atoms with Gasteiger partial charge < -0.3 is 14.6 Å². The molecule has 12 nitrogen and oxygen atoms in total. The summed E-state index contributed by atoms with van der Waals surface area (Å²) in [5.74, 6) is 0.608. The summed E-state index contributed by atoms with van der Waals surface area (Å²) in [7, 11) is -1.74. The average molecular weight is 579 g/mol. The number of carbonyl (C=O) groups excluding carboxylic acids is 2. The number of fused-ring (bicyclic) bond motifs is 1. The molecule has 2 N–H and O–H groups in total. The molecule has 0 atom stereocenters. The average Bonchev–Trinajstić information content (AvgIpc) is 3.26. The zero-order chi connectivity index (χ0) is 30.0. The van der Waals surface area contributed by atoms with E-state index in [4.69, 9.17) is 19.5 Å². The van der Waals surface area contributed by atoms with Crippen molar-refractivity contribution in [3.05, 3.63) is 83.8 Å². The van der Waals surface area contributed by atoms with E-state index in [-0.39, 0.29) is 31.4 Å². The number of pyridine rings is 1. The van der Waals surface area contributed by atoms with Gasteiger partial charge in [0.1, 0.15) is 11.6 Å². The van der Waals surface area contributed by atoms with Crippen LogP contribution < -0.4 is 10.2 Å². The fraction of sp³-hybridized carbons (Fsp3) is 0.250. The fourth-order valence-corrected chi connectivity index (χ4v) is 3.81. The second-order valence-electron chi connectivity index (χ2n) is 8.77. The molecule has 41 heavy (non-hydrogen) atoms. The van der Waals surface area contributed by atoms with Crippen LogP contribution in [0.15, 0.2) is 66.9 Å². The third-order valence-corrected chi connectivity index (χ3v) is 5.70. The van der Waals surface area contributed by atoms with E-state index in [0.717, 1.165) is 17.0 Å². The predicted molar refractivity (Wildman–Crippen MR) is 154 cm³/mol. The molecule has 0 unspecified atom stereocenters. The van der Waals surface area contributed by atoms with Crippen molar-refractivity contribution in [1.82, 2.24) is 14.5 Å². The first-order chi connectivity index (χ1) is 19.5. The van der Waals surface area contributed by atoms with Crippen molar-refractivity contribution in [3.8, 4) is 6.07 Å². The molecule has 2 heterocycles. The Balaban J connectivity index is 0.000000850. The monoisotopic (exact) mass is 578 g/mol. The molecule has 0 saturated heterocycles. The highest BCUT2D eigenvalue weighted by Gasteiger charge is 2.21. The van der Waals surface area contributed by atoms with E-state index in [9.17, 15) is 18.0 Å². The molecule has 0 bridgehead atoms. The lowest BCUT2D eigenvalue weighted by Gasteiger charge is -2.21. The summed E-state index contributed by atoms with van der Waals surface area (Å²) in [5, 5.41) is 12.3.